The van der Waals surface area contributed by atoms with Crippen LogP contribution >= 0.6 is 0 Å². The summed E-state index contributed by atoms with van der Waals surface area (Å²) in [4.78, 5) is 4.07. The number of rotatable bonds is 4. The summed E-state index contributed by atoms with van der Waals surface area (Å²) in [5.41, 5.74) is 1.06. The summed E-state index contributed by atoms with van der Waals surface area (Å²) in [6.07, 6.45) is 0.940. The Morgan fingerprint density at radius 2 is 2.28 bits per heavy atom. The van der Waals surface area contributed by atoms with Crippen LogP contribution in [-0.2, 0) is 6.54 Å². The van der Waals surface area contributed by atoms with E-state index in [9.17, 15) is 13.2 Å². The molecular weight excluding hydrogens is 243 g/mol. The molecule has 6 heteroatoms. The van der Waals surface area contributed by atoms with Gasteiger partial charge in [0.2, 0.25) is 0 Å². The molecule has 1 saturated heterocycles. The summed E-state index contributed by atoms with van der Waals surface area (Å²) in [7, 11) is 0. The van der Waals surface area contributed by atoms with Gasteiger partial charge in [0.15, 0.2) is 0 Å². The number of nitrogens with one attached hydrogen (secondary N) is 1. The minimum absolute atomic E-state index is 0.118. The molecule has 18 heavy (non-hydrogen) atoms. The molecule has 0 radical (unpaired) electrons. The minimum Gasteiger partial charge on any atom is -0.334 e. The number of hydrogen-bond acceptors (Lipinski definition) is 2. The summed E-state index contributed by atoms with van der Waals surface area (Å²) in [5, 5.41) is 3.31. The highest BCUT2D eigenvalue weighted by molar-refractivity contribution is 5.08. The van der Waals surface area contributed by atoms with Crippen molar-refractivity contribution in [2.24, 2.45) is 0 Å². The van der Waals surface area contributed by atoms with Crippen LogP contribution < -0.4 is 5.32 Å². The van der Waals surface area contributed by atoms with Crippen molar-refractivity contribution in [2.75, 3.05) is 13.1 Å². The molecule has 1 unspecified atom stereocenters. The van der Waals surface area contributed by atoms with Gasteiger partial charge in [-0.05, 0) is 25.8 Å². The molecule has 0 amide bonds. The van der Waals surface area contributed by atoms with Crippen LogP contribution in [0.25, 0.3) is 0 Å². The van der Waals surface area contributed by atoms with E-state index in [4.69, 9.17) is 0 Å². The highest BCUT2D eigenvalue weighted by Gasteiger charge is 2.26. The van der Waals surface area contributed by atoms with Gasteiger partial charge in [-0.1, -0.05) is 0 Å². The molecule has 1 aliphatic rings. The van der Waals surface area contributed by atoms with Gasteiger partial charge in [-0.15, -0.1) is 0 Å². The SMILES string of the molecule is FC(F)(F)CCCn1cncc1C1CCCNC1. The molecule has 1 atom stereocenters. The Bertz CT molecular complexity index is 367. The van der Waals surface area contributed by atoms with Crippen LogP contribution in [0.1, 0.15) is 37.3 Å². The molecule has 1 fully saturated rings. The predicted molar refractivity (Wildman–Crippen MR) is 62.4 cm³/mol. The zero-order valence-electron chi connectivity index (χ0n) is 10.2. The third-order valence-corrected chi connectivity index (χ3v) is 3.32. The third kappa shape index (κ3) is 3.73. The Kier molecular flexibility index (Phi) is 4.27. The van der Waals surface area contributed by atoms with Crippen LogP contribution in [0.3, 0.4) is 0 Å². The predicted octanol–water partition coefficient (Wildman–Crippen LogP) is 2.69. The lowest BCUT2D eigenvalue weighted by Crippen LogP contribution is -2.29. The van der Waals surface area contributed by atoms with Crippen molar-refractivity contribution < 1.29 is 13.2 Å². The summed E-state index contributed by atoms with van der Waals surface area (Å²) in [6, 6.07) is 0. The first-order valence-electron chi connectivity index (χ1n) is 6.34. The van der Waals surface area contributed by atoms with Gasteiger partial charge >= 0.3 is 6.18 Å². The number of aromatic nitrogens is 2. The maximum Gasteiger partial charge on any atom is 0.389 e. The van der Waals surface area contributed by atoms with E-state index in [2.05, 4.69) is 10.3 Å². The Balaban J connectivity index is 1.91. The summed E-state index contributed by atoms with van der Waals surface area (Å²) < 4.78 is 38.2. The van der Waals surface area contributed by atoms with E-state index in [1.54, 1.807) is 12.5 Å². The van der Waals surface area contributed by atoms with Gasteiger partial charge in [-0.2, -0.15) is 13.2 Å². The van der Waals surface area contributed by atoms with Gasteiger partial charge in [0, 0.05) is 37.3 Å². The van der Waals surface area contributed by atoms with E-state index in [1.165, 1.54) is 0 Å². The average Bonchev–Trinajstić information content (AvgIpc) is 2.77. The number of alkyl halides is 3. The molecule has 1 aromatic heterocycles. The molecule has 3 nitrogen and oxygen atoms in total. The zero-order chi connectivity index (χ0) is 13.0. The molecule has 2 heterocycles. The van der Waals surface area contributed by atoms with Crippen molar-refractivity contribution in [1.82, 2.24) is 14.9 Å². The van der Waals surface area contributed by atoms with Crippen molar-refractivity contribution in [1.29, 1.82) is 0 Å². The monoisotopic (exact) mass is 261 g/mol. The fourth-order valence-corrected chi connectivity index (χ4v) is 2.41. The Labute approximate surface area is 104 Å². The Morgan fingerprint density at radius 1 is 1.44 bits per heavy atom. The van der Waals surface area contributed by atoms with E-state index >= 15 is 0 Å². The summed E-state index contributed by atoms with van der Waals surface area (Å²) in [5.74, 6) is 0.382. The topological polar surface area (TPSA) is 29.9 Å². The van der Waals surface area contributed by atoms with Gasteiger partial charge in [-0.3, -0.25) is 0 Å². The van der Waals surface area contributed by atoms with Crippen LogP contribution in [0.2, 0.25) is 0 Å². The standard InChI is InChI=1S/C12H18F3N3/c13-12(14,15)4-2-6-18-9-17-8-11(18)10-3-1-5-16-7-10/h8-10,16H,1-7H2. The quantitative estimate of drug-likeness (QED) is 0.903. The van der Waals surface area contributed by atoms with E-state index in [0.29, 0.717) is 12.5 Å². The lowest BCUT2D eigenvalue weighted by molar-refractivity contribution is -0.135. The molecule has 2 rings (SSSR count). The van der Waals surface area contributed by atoms with E-state index in [0.717, 1.165) is 31.6 Å². The van der Waals surface area contributed by atoms with Crippen molar-refractivity contribution in [3.05, 3.63) is 18.2 Å². The average molecular weight is 261 g/mol. The second-order valence-electron chi connectivity index (χ2n) is 4.77. The number of aryl methyl sites for hydroxylation is 1. The molecular formula is C12H18F3N3. The Morgan fingerprint density at radius 3 is 2.94 bits per heavy atom. The molecule has 102 valence electrons. The second kappa shape index (κ2) is 5.73. The maximum atomic E-state index is 12.1. The van der Waals surface area contributed by atoms with E-state index in [1.807, 2.05) is 4.57 Å². The number of nitrogens with zero attached hydrogens (tertiary/aromatic N) is 2. The highest BCUT2D eigenvalue weighted by atomic mass is 19.4. The minimum atomic E-state index is -4.06. The number of hydrogen-bond donors (Lipinski definition) is 1. The molecule has 1 aromatic rings. The summed E-state index contributed by atoms with van der Waals surface area (Å²) >= 11 is 0. The lowest BCUT2D eigenvalue weighted by Gasteiger charge is -2.23. The van der Waals surface area contributed by atoms with Gasteiger partial charge in [0.1, 0.15) is 0 Å². The van der Waals surface area contributed by atoms with Crippen LogP contribution in [-0.4, -0.2) is 28.8 Å². The first kappa shape index (κ1) is 13.4. The number of imidazole rings is 1. The number of piperidine rings is 1. The Hall–Kier alpha value is -1.04. The van der Waals surface area contributed by atoms with Crippen LogP contribution in [0.4, 0.5) is 13.2 Å². The van der Waals surface area contributed by atoms with Crippen molar-refractivity contribution in [3.63, 3.8) is 0 Å². The van der Waals surface area contributed by atoms with Crippen molar-refractivity contribution in [3.8, 4) is 0 Å². The zero-order valence-corrected chi connectivity index (χ0v) is 10.2. The lowest BCUT2D eigenvalue weighted by atomic mass is 9.96. The van der Waals surface area contributed by atoms with E-state index < -0.39 is 12.6 Å². The van der Waals surface area contributed by atoms with Gasteiger partial charge in [0.25, 0.3) is 0 Å². The molecule has 1 aliphatic heterocycles. The fourth-order valence-electron chi connectivity index (χ4n) is 2.41. The summed E-state index contributed by atoms with van der Waals surface area (Å²) in [6.45, 7) is 2.31. The number of halogens is 3. The first-order chi connectivity index (χ1) is 8.56. The molecule has 0 bridgehead atoms. The van der Waals surface area contributed by atoms with Gasteiger partial charge < -0.3 is 9.88 Å². The first-order valence-corrected chi connectivity index (χ1v) is 6.34. The van der Waals surface area contributed by atoms with Gasteiger partial charge in [-0.25, -0.2) is 4.98 Å². The van der Waals surface area contributed by atoms with Crippen LogP contribution in [0.15, 0.2) is 12.5 Å². The van der Waals surface area contributed by atoms with Gasteiger partial charge in [0.05, 0.1) is 6.33 Å². The van der Waals surface area contributed by atoms with Crippen molar-refractivity contribution >= 4 is 0 Å². The van der Waals surface area contributed by atoms with Crippen LogP contribution in [0.5, 0.6) is 0 Å². The van der Waals surface area contributed by atoms with E-state index in [-0.39, 0.29) is 6.42 Å². The van der Waals surface area contributed by atoms with Crippen molar-refractivity contribution in [2.45, 2.75) is 44.3 Å². The largest absolute Gasteiger partial charge is 0.389 e. The fraction of sp³-hybridized carbons (Fsp3) is 0.750. The smallest absolute Gasteiger partial charge is 0.334 e. The third-order valence-electron chi connectivity index (χ3n) is 3.32. The molecule has 0 spiro atoms. The van der Waals surface area contributed by atoms with Crippen LogP contribution in [0, 0.1) is 0 Å². The molecule has 0 aromatic carbocycles. The molecule has 0 aliphatic carbocycles. The molecule has 0 saturated carbocycles. The second-order valence-corrected chi connectivity index (χ2v) is 4.77. The normalized spacial score (nSPS) is 21.2. The highest BCUT2D eigenvalue weighted by Crippen LogP contribution is 2.25. The maximum absolute atomic E-state index is 12.1. The molecule has 1 N–H and O–H groups in total.